The summed E-state index contributed by atoms with van der Waals surface area (Å²) in [4.78, 5) is 25.8. The molecule has 0 spiro atoms. The lowest BCUT2D eigenvalue weighted by Gasteiger charge is -2.15. The van der Waals surface area contributed by atoms with Gasteiger partial charge in [-0.3, -0.25) is 9.59 Å². The molecule has 9 heteroatoms. The molecule has 1 amide bonds. The first-order valence-corrected chi connectivity index (χ1v) is 7.15. The number of nitrogens with zero attached hydrogens (tertiary/aromatic N) is 4. The van der Waals surface area contributed by atoms with Crippen LogP contribution < -0.4 is 5.56 Å². The Morgan fingerprint density at radius 1 is 1.30 bits per heavy atom. The molecule has 2 aromatic rings. The van der Waals surface area contributed by atoms with Crippen LogP contribution in [0.15, 0.2) is 27.5 Å². The van der Waals surface area contributed by atoms with Gasteiger partial charge >= 0.3 is 6.43 Å². The lowest BCUT2D eigenvalue weighted by atomic mass is 10.2. The number of carbonyl (C=O) groups is 1. The topological polar surface area (TPSA) is 81.2 Å². The van der Waals surface area contributed by atoms with Crippen LogP contribution in [0.4, 0.5) is 8.78 Å². The first-order valence-electron chi connectivity index (χ1n) is 7.15. The van der Waals surface area contributed by atoms with Gasteiger partial charge in [0.2, 0.25) is 11.8 Å². The highest BCUT2D eigenvalue weighted by atomic mass is 19.3. The molecule has 0 aliphatic carbocycles. The highest BCUT2D eigenvalue weighted by Crippen LogP contribution is 2.22. The minimum absolute atomic E-state index is 0.0504. The van der Waals surface area contributed by atoms with Gasteiger partial charge in [0, 0.05) is 30.9 Å². The van der Waals surface area contributed by atoms with Gasteiger partial charge in [-0.2, -0.15) is 8.78 Å². The van der Waals surface area contributed by atoms with Crippen LogP contribution >= 0.6 is 0 Å². The maximum absolute atomic E-state index is 12.4. The van der Waals surface area contributed by atoms with E-state index in [1.54, 1.807) is 4.90 Å². The molecule has 0 atom stereocenters. The van der Waals surface area contributed by atoms with Crippen molar-refractivity contribution in [2.45, 2.75) is 25.8 Å². The monoisotopic (exact) mass is 324 g/mol. The Morgan fingerprint density at radius 2 is 2.04 bits per heavy atom. The van der Waals surface area contributed by atoms with Gasteiger partial charge in [-0.1, -0.05) is 0 Å². The summed E-state index contributed by atoms with van der Waals surface area (Å²) in [6, 6.07) is 2.65. The highest BCUT2D eigenvalue weighted by molar-refractivity contribution is 5.76. The summed E-state index contributed by atoms with van der Waals surface area (Å²) in [5.74, 6) is -1.07. The standard InChI is InChI=1S/C14H14F2N4O3/c15-12(16)14-18-17-13(23-14)9-3-6-20(10(21)7-9)8-11(22)19-4-1-2-5-19/h3,6-7,12H,1-2,4-5,8H2. The number of rotatable bonds is 4. The van der Waals surface area contributed by atoms with E-state index in [0.717, 1.165) is 12.8 Å². The zero-order valence-electron chi connectivity index (χ0n) is 12.1. The van der Waals surface area contributed by atoms with Gasteiger partial charge in [0.05, 0.1) is 0 Å². The van der Waals surface area contributed by atoms with Gasteiger partial charge in [-0.15, -0.1) is 10.2 Å². The van der Waals surface area contributed by atoms with Gasteiger partial charge in [-0.05, 0) is 18.9 Å². The molecular weight excluding hydrogens is 310 g/mol. The summed E-state index contributed by atoms with van der Waals surface area (Å²) < 4.78 is 30.9. The molecule has 23 heavy (non-hydrogen) atoms. The largest absolute Gasteiger partial charge is 0.415 e. The maximum atomic E-state index is 12.4. The molecule has 3 heterocycles. The summed E-state index contributed by atoms with van der Waals surface area (Å²) >= 11 is 0. The third-order valence-electron chi connectivity index (χ3n) is 3.63. The van der Waals surface area contributed by atoms with E-state index < -0.39 is 17.9 Å². The highest BCUT2D eigenvalue weighted by Gasteiger charge is 2.20. The van der Waals surface area contributed by atoms with Crippen LogP contribution in [0.1, 0.15) is 25.2 Å². The fourth-order valence-corrected chi connectivity index (χ4v) is 2.42. The molecule has 7 nitrogen and oxygen atoms in total. The van der Waals surface area contributed by atoms with Crippen LogP contribution in [0.2, 0.25) is 0 Å². The molecule has 1 saturated heterocycles. The molecular formula is C14H14F2N4O3. The van der Waals surface area contributed by atoms with Gasteiger partial charge in [-0.25, -0.2) is 0 Å². The van der Waals surface area contributed by atoms with E-state index in [-0.39, 0.29) is 23.9 Å². The lowest BCUT2D eigenvalue weighted by Crippen LogP contribution is -2.34. The molecule has 1 fully saturated rings. The Labute approximate surface area is 129 Å². The number of pyridine rings is 1. The molecule has 2 aromatic heterocycles. The summed E-state index contributed by atoms with van der Waals surface area (Å²) in [5, 5.41) is 6.69. The van der Waals surface area contributed by atoms with Crippen molar-refractivity contribution in [2.24, 2.45) is 0 Å². The average Bonchev–Trinajstić information content (AvgIpc) is 3.20. The van der Waals surface area contributed by atoms with E-state index in [1.165, 1.54) is 22.9 Å². The van der Waals surface area contributed by atoms with E-state index in [4.69, 9.17) is 4.42 Å². The molecule has 0 unspecified atom stereocenters. The van der Waals surface area contributed by atoms with Gasteiger partial charge in [0.25, 0.3) is 11.4 Å². The Morgan fingerprint density at radius 3 is 2.65 bits per heavy atom. The van der Waals surface area contributed by atoms with E-state index in [1.807, 2.05) is 0 Å². The predicted molar refractivity (Wildman–Crippen MR) is 74.8 cm³/mol. The molecule has 3 rings (SSSR count). The molecule has 0 aromatic carbocycles. The van der Waals surface area contributed by atoms with Crippen LogP contribution in [0.3, 0.4) is 0 Å². The van der Waals surface area contributed by atoms with Gasteiger partial charge in [0.15, 0.2) is 0 Å². The number of likely N-dealkylation sites (tertiary alicyclic amines) is 1. The summed E-state index contributed by atoms with van der Waals surface area (Å²) in [5.41, 5.74) is -0.203. The average molecular weight is 324 g/mol. The Bertz CT molecular complexity index is 765. The zero-order chi connectivity index (χ0) is 16.4. The van der Waals surface area contributed by atoms with Crippen LogP contribution in [-0.2, 0) is 11.3 Å². The molecule has 1 aliphatic rings. The molecule has 0 saturated carbocycles. The minimum Gasteiger partial charge on any atom is -0.415 e. The van der Waals surface area contributed by atoms with E-state index in [0.29, 0.717) is 13.1 Å². The number of hydrogen-bond acceptors (Lipinski definition) is 5. The Hall–Kier alpha value is -2.58. The number of amides is 1. The van der Waals surface area contributed by atoms with Crippen molar-refractivity contribution in [3.63, 3.8) is 0 Å². The van der Waals surface area contributed by atoms with Crippen molar-refractivity contribution in [2.75, 3.05) is 13.1 Å². The quantitative estimate of drug-likeness (QED) is 0.850. The number of alkyl halides is 2. The van der Waals surface area contributed by atoms with Crippen molar-refractivity contribution in [3.8, 4) is 11.5 Å². The van der Waals surface area contributed by atoms with E-state index >= 15 is 0 Å². The van der Waals surface area contributed by atoms with Gasteiger partial charge < -0.3 is 13.9 Å². The SMILES string of the molecule is O=C(Cn1ccc(-c2nnc(C(F)F)o2)cc1=O)N1CCCC1. The first-order chi connectivity index (χ1) is 11.0. The third-order valence-corrected chi connectivity index (χ3v) is 3.63. The second-order valence-electron chi connectivity index (χ2n) is 5.22. The number of aromatic nitrogens is 3. The summed E-state index contributed by atoms with van der Waals surface area (Å²) in [6.07, 6.45) is 0.499. The molecule has 122 valence electrons. The van der Waals surface area contributed by atoms with Gasteiger partial charge in [0.1, 0.15) is 6.54 Å². The minimum atomic E-state index is -2.87. The molecule has 0 radical (unpaired) electrons. The second kappa shape index (κ2) is 6.27. The van der Waals surface area contributed by atoms with Crippen molar-refractivity contribution in [3.05, 3.63) is 34.6 Å². The summed E-state index contributed by atoms with van der Waals surface area (Å²) in [6.45, 7) is 1.37. The molecule has 0 N–H and O–H groups in total. The zero-order valence-corrected chi connectivity index (χ0v) is 12.1. The Balaban J connectivity index is 1.77. The second-order valence-corrected chi connectivity index (χ2v) is 5.22. The summed E-state index contributed by atoms with van der Waals surface area (Å²) in [7, 11) is 0. The number of carbonyl (C=O) groups excluding carboxylic acids is 1. The van der Waals surface area contributed by atoms with Crippen molar-refractivity contribution in [1.29, 1.82) is 0 Å². The number of hydrogen-bond donors (Lipinski definition) is 0. The molecule has 1 aliphatic heterocycles. The Kier molecular flexibility index (Phi) is 4.18. The van der Waals surface area contributed by atoms with Crippen LogP contribution in [0.5, 0.6) is 0 Å². The van der Waals surface area contributed by atoms with Crippen molar-refractivity contribution >= 4 is 5.91 Å². The van der Waals surface area contributed by atoms with Crippen LogP contribution in [-0.4, -0.2) is 38.7 Å². The number of halogens is 2. The van der Waals surface area contributed by atoms with E-state index in [2.05, 4.69) is 10.2 Å². The van der Waals surface area contributed by atoms with Crippen LogP contribution in [0, 0.1) is 0 Å². The predicted octanol–water partition coefficient (Wildman–Crippen LogP) is 1.46. The first kappa shape index (κ1) is 15.3. The molecule has 0 bridgehead atoms. The lowest BCUT2D eigenvalue weighted by molar-refractivity contribution is -0.130. The normalized spacial score (nSPS) is 14.7. The van der Waals surface area contributed by atoms with Crippen molar-refractivity contribution < 1.29 is 18.0 Å². The fourth-order valence-electron chi connectivity index (χ4n) is 2.42. The third kappa shape index (κ3) is 3.27. The van der Waals surface area contributed by atoms with Crippen LogP contribution in [0.25, 0.3) is 11.5 Å². The smallest absolute Gasteiger partial charge is 0.314 e. The van der Waals surface area contributed by atoms with Crippen molar-refractivity contribution in [1.82, 2.24) is 19.7 Å². The van der Waals surface area contributed by atoms with E-state index in [9.17, 15) is 18.4 Å². The fraction of sp³-hybridized carbons (Fsp3) is 0.429. The maximum Gasteiger partial charge on any atom is 0.314 e.